The monoisotopic (exact) mass is 282 g/mol. The van der Waals surface area contributed by atoms with Gasteiger partial charge in [-0.3, -0.25) is 0 Å². The third-order valence-electron chi connectivity index (χ3n) is 3.42. The first kappa shape index (κ1) is 14.3. The molecule has 1 aromatic rings. The van der Waals surface area contributed by atoms with Crippen LogP contribution in [0.5, 0.6) is 0 Å². The van der Waals surface area contributed by atoms with E-state index in [1.54, 1.807) is 12.1 Å². The molecule has 1 aliphatic carbocycles. The maximum Gasteiger partial charge on any atom is 0.242 e. The number of benzene rings is 1. The lowest BCUT2D eigenvalue weighted by Crippen LogP contribution is -2.33. The van der Waals surface area contributed by atoms with Crippen LogP contribution in [0.25, 0.3) is 0 Å². The summed E-state index contributed by atoms with van der Waals surface area (Å²) in [6, 6.07) is 7.20. The Morgan fingerprint density at radius 2 is 1.89 bits per heavy atom. The molecule has 0 heterocycles. The minimum absolute atomic E-state index is 0.101. The van der Waals surface area contributed by atoms with Crippen LogP contribution in [0.15, 0.2) is 29.2 Å². The molecule has 0 spiro atoms. The van der Waals surface area contributed by atoms with Gasteiger partial charge in [0.1, 0.15) is 4.90 Å². The molecule has 4 nitrogen and oxygen atoms in total. The van der Waals surface area contributed by atoms with Crippen molar-refractivity contribution < 1.29 is 8.42 Å². The molecular formula is C14H22N2O2S. The Labute approximate surface area is 115 Å². The maximum absolute atomic E-state index is 12.4. The van der Waals surface area contributed by atoms with E-state index in [9.17, 15) is 8.42 Å². The number of para-hydroxylation sites is 1. The highest BCUT2D eigenvalue weighted by molar-refractivity contribution is 7.89. The average molecular weight is 282 g/mol. The van der Waals surface area contributed by atoms with Crippen molar-refractivity contribution in [3.05, 3.63) is 24.3 Å². The molecule has 1 fully saturated rings. The summed E-state index contributed by atoms with van der Waals surface area (Å²) >= 11 is 0. The Bertz CT molecular complexity index is 508. The van der Waals surface area contributed by atoms with Crippen molar-refractivity contribution in [2.75, 3.05) is 11.9 Å². The third-order valence-corrected chi connectivity index (χ3v) is 5.00. The predicted molar refractivity (Wildman–Crippen MR) is 77.8 cm³/mol. The lowest BCUT2D eigenvalue weighted by atomic mass is 10.3. The zero-order valence-electron chi connectivity index (χ0n) is 11.4. The molecule has 1 saturated carbocycles. The molecular weight excluding hydrogens is 260 g/mol. The van der Waals surface area contributed by atoms with Crippen LogP contribution >= 0.6 is 0 Å². The lowest BCUT2D eigenvalue weighted by molar-refractivity contribution is 0.552. The van der Waals surface area contributed by atoms with Crippen LogP contribution in [0.4, 0.5) is 5.69 Å². The van der Waals surface area contributed by atoms with Crippen LogP contribution < -0.4 is 10.0 Å². The normalized spacial score (nSPS) is 16.7. The molecule has 0 atom stereocenters. The number of rotatable bonds is 6. The van der Waals surface area contributed by atoms with Crippen LogP contribution in [0.1, 0.15) is 39.0 Å². The first-order valence-corrected chi connectivity index (χ1v) is 8.47. The fourth-order valence-corrected chi connectivity index (χ4v) is 3.92. The summed E-state index contributed by atoms with van der Waals surface area (Å²) in [5.41, 5.74) is 0.690. The summed E-state index contributed by atoms with van der Waals surface area (Å²) in [7, 11) is -3.42. The van der Waals surface area contributed by atoms with Crippen molar-refractivity contribution in [2.24, 2.45) is 0 Å². The summed E-state index contributed by atoms with van der Waals surface area (Å²) in [5.74, 6) is 0. The van der Waals surface area contributed by atoms with Crippen molar-refractivity contribution in [2.45, 2.75) is 50.0 Å². The first-order chi connectivity index (χ1) is 9.13. The van der Waals surface area contributed by atoms with E-state index in [2.05, 4.69) is 17.0 Å². The van der Waals surface area contributed by atoms with Crippen LogP contribution in [-0.4, -0.2) is 21.0 Å². The van der Waals surface area contributed by atoms with Crippen molar-refractivity contribution in [1.82, 2.24) is 4.72 Å². The van der Waals surface area contributed by atoms with E-state index >= 15 is 0 Å². The Kier molecular flexibility index (Phi) is 4.82. The van der Waals surface area contributed by atoms with Gasteiger partial charge in [-0.1, -0.05) is 31.9 Å². The van der Waals surface area contributed by atoms with Crippen LogP contribution in [0.2, 0.25) is 0 Å². The van der Waals surface area contributed by atoms with E-state index in [0.29, 0.717) is 10.6 Å². The number of nitrogens with one attached hydrogen (secondary N) is 2. The summed E-state index contributed by atoms with van der Waals surface area (Å²) in [6.45, 7) is 2.83. The third kappa shape index (κ3) is 3.70. The largest absolute Gasteiger partial charge is 0.384 e. The zero-order valence-corrected chi connectivity index (χ0v) is 12.2. The summed E-state index contributed by atoms with van der Waals surface area (Å²) in [4.78, 5) is 0.357. The predicted octanol–water partition coefficient (Wildman–Crippen LogP) is 2.73. The fraction of sp³-hybridized carbons (Fsp3) is 0.571. The summed E-state index contributed by atoms with van der Waals surface area (Å²) in [6.07, 6.45) is 5.09. The van der Waals surface area contributed by atoms with Gasteiger partial charge in [0, 0.05) is 12.6 Å². The molecule has 1 aliphatic rings. The van der Waals surface area contributed by atoms with Gasteiger partial charge in [-0.05, 0) is 31.4 Å². The molecule has 0 unspecified atom stereocenters. The Balaban J connectivity index is 2.18. The van der Waals surface area contributed by atoms with Gasteiger partial charge in [-0.2, -0.15) is 0 Å². The number of hydrogen-bond donors (Lipinski definition) is 2. The van der Waals surface area contributed by atoms with Gasteiger partial charge >= 0.3 is 0 Å². The van der Waals surface area contributed by atoms with Crippen LogP contribution in [-0.2, 0) is 10.0 Å². The van der Waals surface area contributed by atoms with Crippen LogP contribution in [0, 0.1) is 0 Å². The number of sulfonamides is 1. The molecule has 19 heavy (non-hydrogen) atoms. The first-order valence-electron chi connectivity index (χ1n) is 6.98. The standard InChI is InChI=1S/C14H22N2O2S/c1-2-11-15-13-9-5-6-10-14(13)19(17,18)16-12-7-3-4-8-12/h5-6,9-10,12,15-16H,2-4,7-8,11H2,1H3. The molecule has 0 saturated heterocycles. The van der Waals surface area contributed by atoms with Crippen molar-refractivity contribution in [3.63, 3.8) is 0 Å². The van der Waals surface area contributed by atoms with E-state index in [1.165, 1.54) is 0 Å². The smallest absolute Gasteiger partial charge is 0.242 e. The highest BCUT2D eigenvalue weighted by Crippen LogP contribution is 2.24. The topological polar surface area (TPSA) is 58.2 Å². The molecule has 0 radical (unpaired) electrons. The second kappa shape index (κ2) is 6.39. The molecule has 5 heteroatoms. The molecule has 1 aromatic carbocycles. The van der Waals surface area contributed by atoms with E-state index in [0.717, 1.165) is 38.6 Å². The Morgan fingerprint density at radius 3 is 2.58 bits per heavy atom. The minimum atomic E-state index is -3.42. The molecule has 0 amide bonds. The second-order valence-corrected chi connectivity index (χ2v) is 6.71. The Hall–Kier alpha value is -1.07. The van der Waals surface area contributed by atoms with Gasteiger partial charge in [0.15, 0.2) is 0 Å². The van der Waals surface area contributed by atoms with Crippen molar-refractivity contribution in [1.29, 1.82) is 0 Å². The molecule has 0 bridgehead atoms. The quantitative estimate of drug-likeness (QED) is 0.843. The van der Waals surface area contributed by atoms with Gasteiger partial charge in [0.25, 0.3) is 0 Å². The molecule has 0 aliphatic heterocycles. The second-order valence-electron chi connectivity index (χ2n) is 5.03. The molecule has 2 rings (SSSR count). The van der Waals surface area contributed by atoms with E-state index in [4.69, 9.17) is 0 Å². The SMILES string of the molecule is CCCNc1ccccc1S(=O)(=O)NC1CCCC1. The highest BCUT2D eigenvalue weighted by Gasteiger charge is 2.24. The maximum atomic E-state index is 12.4. The average Bonchev–Trinajstić information content (AvgIpc) is 2.88. The Morgan fingerprint density at radius 1 is 1.21 bits per heavy atom. The highest BCUT2D eigenvalue weighted by atomic mass is 32.2. The summed E-state index contributed by atoms with van der Waals surface area (Å²) < 4.78 is 27.7. The van der Waals surface area contributed by atoms with Crippen LogP contribution in [0.3, 0.4) is 0 Å². The van der Waals surface area contributed by atoms with Gasteiger partial charge < -0.3 is 5.32 Å². The lowest BCUT2D eigenvalue weighted by Gasteiger charge is -2.16. The van der Waals surface area contributed by atoms with E-state index in [1.807, 2.05) is 12.1 Å². The van der Waals surface area contributed by atoms with E-state index < -0.39 is 10.0 Å². The molecule has 0 aromatic heterocycles. The van der Waals surface area contributed by atoms with Crippen molar-refractivity contribution in [3.8, 4) is 0 Å². The van der Waals surface area contributed by atoms with Crippen molar-refractivity contribution >= 4 is 15.7 Å². The number of hydrogen-bond acceptors (Lipinski definition) is 3. The van der Waals surface area contributed by atoms with Gasteiger partial charge in [0.2, 0.25) is 10.0 Å². The summed E-state index contributed by atoms with van der Waals surface area (Å²) in [5, 5.41) is 3.17. The van der Waals surface area contributed by atoms with Gasteiger partial charge in [0.05, 0.1) is 5.69 Å². The zero-order chi connectivity index (χ0) is 13.7. The number of anilines is 1. The minimum Gasteiger partial charge on any atom is -0.384 e. The fourth-order valence-electron chi connectivity index (χ4n) is 2.43. The molecule has 2 N–H and O–H groups in total. The van der Waals surface area contributed by atoms with Gasteiger partial charge in [-0.15, -0.1) is 0 Å². The molecule has 106 valence electrons. The van der Waals surface area contributed by atoms with Gasteiger partial charge in [-0.25, -0.2) is 13.1 Å². The van der Waals surface area contributed by atoms with E-state index in [-0.39, 0.29) is 6.04 Å².